The summed E-state index contributed by atoms with van der Waals surface area (Å²) < 4.78 is 31.5. The van der Waals surface area contributed by atoms with Crippen LogP contribution in [0, 0.1) is 0 Å². The Balaban J connectivity index is 2.27. The number of hydrogen-bond acceptors (Lipinski definition) is 4. The number of hydrogen-bond donors (Lipinski definition) is 2. The molecule has 96 valence electrons. The SMILES string of the molecule is CC(C)NCCNS(=O)(=O)C1CCOCC1. The van der Waals surface area contributed by atoms with Crippen molar-refractivity contribution in [3.05, 3.63) is 0 Å². The van der Waals surface area contributed by atoms with E-state index in [0.717, 1.165) is 0 Å². The maximum absolute atomic E-state index is 11.8. The van der Waals surface area contributed by atoms with Crippen LogP contribution in [-0.4, -0.2) is 46.0 Å². The average Bonchev–Trinajstić information content (AvgIpc) is 2.26. The molecule has 0 radical (unpaired) electrons. The van der Waals surface area contributed by atoms with Gasteiger partial charge < -0.3 is 10.1 Å². The Morgan fingerprint density at radius 2 is 1.88 bits per heavy atom. The van der Waals surface area contributed by atoms with Crippen LogP contribution in [0.2, 0.25) is 0 Å². The van der Waals surface area contributed by atoms with E-state index in [4.69, 9.17) is 4.74 Å². The third-order valence-corrected chi connectivity index (χ3v) is 4.54. The second-order valence-electron chi connectivity index (χ2n) is 4.36. The highest BCUT2D eigenvalue weighted by atomic mass is 32.2. The zero-order chi connectivity index (χ0) is 12.0. The first kappa shape index (κ1) is 13.9. The highest BCUT2D eigenvalue weighted by Gasteiger charge is 2.26. The Kier molecular flexibility index (Phi) is 5.68. The van der Waals surface area contributed by atoms with Crippen molar-refractivity contribution in [2.45, 2.75) is 38.0 Å². The average molecular weight is 250 g/mol. The van der Waals surface area contributed by atoms with Crippen molar-refractivity contribution < 1.29 is 13.2 Å². The van der Waals surface area contributed by atoms with Crippen LogP contribution in [0.15, 0.2) is 0 Å². The lowest BCUT2D eigenvalue weighted by Gasteiger charge is -2.22. The maximum Gasteiger partial charge on any atom is 0.214 e. The van der Waals surface area contributed by atoms with Crippen LogP contribution in [0.3, 0.4) is 0 Å². The minimum absolute atomic E-state index is 0.278. The first-order valence-corrected chi connectivity index (χ1v) is 7.36. The van der Waals surface area contributed by atoms with Gasteiger partial charge in [0.2, 0.25) is 10.0 Å². The van der Waals surface area contributed by atoms with E-state index in [0.29, 0.717) is 45.2 Å². The fourth-order valence-electron chi connectivity index (χ4n) is 1.66. The monoisotopic (exact) mass is 250 g/mol. The van der Waals surface area contributed by atoms with Gasteiger partial charge in [-0.3, -0.25) is 0 Å². The number of nitrogens with one attached hydrogen (secondary N) is 2. The summed E-state index contributed by atoms with van der Waals surface area (Å²) in [6.45, 7) is 6.30. The summed E-state index contributed by atoms with van der Waals surface area (Å²) in [5.41, 5.74) is 0. The first-order valence-electron chi connectivity index (χ1n) is 5.82. The van der Waals surface area contributed by atoms with Gasteiger partial charge in [0.1, 0.15) is 0 Å². The van der Waals surface area contributed by atoms with Crippen molar-refractivity contribution in [1.82, 2.24) is 10.0 Å². The first-order chi connectivity index (χ1) is 7.52. The molecule has 0 unspecified atom stereocenters. The molecule has 2 N–H and O–H groups in total. The van der Waals surface area contributed by atoms with Crippen molar-refractivity contribution in [3.8, 4) is 0 Å². The smallest absolute Gasteiger partial charge is 0.214 e. The van der Waals surface area contributed by atoms with Crippen LogP contribution in [0.5, 0.6) is 0 Å². The molecule has 16 heavy (non-hydrogen) atoms. The Hall–Kier alpha value is -0.170. The van der Waals surface area contributed by atoms with Gasteiger partial charge in [0.15, 0.2) is 0 Å². The van der Waals surface area contributed by atoms with Gasteiger partial charge in [-0.2, -0.15) is 0 Å². The fourth-order valence-corrected chi connectivity index (χ4v) is 3.09. The molecule has 0 atom stereocenters. The van der Waals surface area contributed by atoms with E-state index in [1.807, 2.05) is 13.8 Å². The van der Waals surface area contributed by atoms with E-state index < -0.39 is 10.0 Å². The zero-order valence-corrected chi connectivity index (χ0v) is 10.8. The highest BCUT2D eigenvalue weighted by molar-refractivity contribution is 7.90. The maximum atomic E-state index is 11.8. The molecule has 6 heteroatoms. The van der Waals surface area contributed by atoms with Crippen molar-refractivity contribution >= 4 is 10.0 Å². The number of ether oxygens (including phenoxy) is 1. The second-order valence-corrected chi connectivity index (χ2v) is 6.41. The molecule has 1 aliphatic rings. The van der Waals surface area contributed by atoms with E-state index in [1.165, 1.54) is 0 Å². The van der Waals surface area contributed by atoms with Gasteiger partial charge in [0.25, 0.3) is 0 Å². The van der Waals surface area contributed by atoms with Crippen LogP contribution in [0.4, 0.5) is 0 Å². The van der Waals surface area contributed by atoms with Gasteiger partial charge in [-0.25, -0.2) is 13.1 Å². The normalized spacial score (nSPS) is 19.2. The summed E-state index contributed by atoms with van der Waals surface area (Å²) >= 11 is 0. The van der Waals surface area contributed by atoms with Gasteiger partial charge >= 0.3 is 0 Å². The standard InChI is InChI=1S/C10H22N2O3S/c1-9(2)11-5-6-12-16(13,14)10-3-7-15-8-4-10/h9-12H,3-8H2,1-2H3. The van der Waals surface area contributed by atoms with Gasteiger partial charge in [0, 0.05) is 32.3 Å². The highest BCUT2D eigenvalue weighted by Crippen LogP contribution is 2.14. The van der Waals surface area contributed by atoms with Crippen LogP contribution < -0.4 is 10.0 Å². The molecule has 0 aromatic heterocycles. The molecule has 0 aromatic carbocycles. The third kappa shape index (κ3) is 4.78. The molecule has 0 bridgehead atoms. The van der Waals surface area contributed by atoms with Gasteiger partial charge in [-0.1, -0.05) is 13.8 Å². The number of rotatable bonds is 6. The molecule has 0 spiro atoms. The van der Waals surface area contributed by atoms with Crippen LogP contribution in [-0.2, 0) is 14.8 Å². The van der Waals surface area contributed by atoms with Gasteiger partial charge in [-0.15, -0.1) is 0 Å². The van der Waals surface area contributed by atoms with Crippen molar-refractivity contribution in [2.24, 2.45) is 0 Å². The Bertz CT molecular complexity index is 284. The minimum Gasteiger partial charge on any atom is -0.381 e. The largest absolute Gasteiger partial charge is 0.381 e. The third-order valence-electron chi connectivity index (χ3n) is 2.59. The second kappa shape index (κ2) is 6.54. The molecule has 1 heterocycles. The van der Waals surface area contributed by atoms with Crippen molar-refractivity contribution in [3.63, 3.8) is 0 Å². The Morgan fingerprint density at radius 3 is 2.44 bits per heavy atom. The number of sulfonamides is 1. The van der Waals surface area contributed by atoms with E-state index in [-0.39, 0.29) is 5.25 Å². The summed E-state index contributed by atoms with van der Waals surface area (Å²) in [5.74, 6) is 0. The van der Waals surface area contributed by atoms with Crippen LogP contribution >= 0.6 is 0 Å². The lowest BCUT2D eigenvalue weighted by molar-refractivity contribution is 0.0981. The minimum atomic E-state index is -3.15. The quantitative estimate of drug-likeness (QED) is 0.655. The zero-order valence-electron chi connectivity index (χ0n) is 10.0. The molecular weight excluding hydrogens is 228 g/mol. The van der Waals surface area contributed by atoms with Crippen molar-refractivity contribution in [1.29, 1.82) is 0 Å². The van der Waals surface area contributed by atoms with Gasteiger partial charge in [0.05, 0.1) is 5.25 Å². The summed E-state index contributed by atoms with van der Waals surface area (Å²) in [4.78, 5) is 0. The summed E-state index contributed by atoms with van der Waals surface area (Å²) in [6, 6.07) is 0.382. The van der Waals surface area contributed by atoms with E-state index >= 15 is 0 Å². The molecule has 5 nitrogen and oxygen atoms in total. The molecule has 0 aliphatic carbocycles. The Labute approximate surface area is 98.0 Å². The summed E-state index contributed by atoms with van der Waals surface area (Å²) in [5, 5.41) is 2.89. The molecule has 1 aliphatic heterocycles. The lowest BCUT2D eigenvalue weighted by atomic mass is 10.2. The summed E-state index contributed by atoms with van der Waals surface area (Å²) in [6.07, 6.45) is 1.21. The van der Waals surface area contributed by atoms with E-state index in [2.05, 4.69) is 10.0 Å². The Morgan fingerprint density at radius 1 is 1.25 bits per heavy atom. The molecule has 0 aromatic rings. The molecule has 1 fully saturated rings. The molecule has 1 saturated heterocycles. The van der Waals surface area contributed by atoms with Crippen LogP contribution in [0.25, 0.3) is 0 Å². The topological polar surface area (TPSA) is 67.4 Å². The van der Waals surface area contributed by atoms with E-state index in [9.17, 15) is 8.42 Å². The van der Waals surface area contributed by atoms with Gasteiger partial charge in [-0.05, 0) is 12.8 Å². The molecule has 0 amide bonds. The lowest BCUT2D eigenvalue weighted by Crippen LogP contribution is -2.41. The summed E-state index contributed by atoms with van der Waals surface area (Å²) in [7, 11) is -3.15. The molecule has 0 saturated carbocycles. The molecule has 1 rings (SSSR count). The predicted octanol–water partition coefficient (Wildman–Crippen LogP) is 0.0828. The van der Waals surface area contributed by atoms with E-state index in [1.54, 1.807) is 0 Å². The fraction of sp³-hybridized carbons (Fsp3) is 1.00. The molecular formula is C10H22N2O3S. The predicted molar refractivity (Wildman–Crippen MR) is 63.9 cm³/mol. The van der Waals surface area contributed by atoms with Crippen LogP contribution in [0.1, 0.15) is 26.7 Å². The van der Waals surface area contributed by atoms with Crippen molar-refractivity contribution in [2.75, 3.05) is 26.3 Å².